The zero-order valence-electron chi connectivity index (χ0n) is 12.3. The number of hydrogen-bond acceptors (Lipinski definition) is 4. The van der Waals surface area contributed by atoms with Gasteiger partial charge in [-0.1, -0.05) is 30.3 Å². The fourth-order valence-corrected chi connectivity index (χ4v) is 2.57. The van der Waals surface area contributed by atoms with E-state index in [2.05, 4.69) is 25.5 Å². The van der Waals surface area contributed by atoms with Gasteiger partial charge in [0.2, 0.25) is 0 Å². The van der Waals surface area contributed by atoms with E-state index in [1.54, 1.807) is 0 Å². The Balaban J connectivity index is 1.54. The summed E-state index contributed by atoms with van der Waals surface area (Å²) in [6, 6.07) is 9.65. The summed E-state index contributed by atoms with van der Waals surface area (Å²) in [6.45, 7) is 1.13. The van der Waals surface area contributed by atoms with Crippen LogP contribution in [0.1, 0.15) is 21.7 Å². The van der Waals surface area contributed by atoms with E-state index in [4.69, 9.17) is 4.74 Å². The van der Waals surface area contributed by atoms with Crippen molar-refractivity contribution in [3.05, 3.63) is 53.5 Å². The summed E-state index contributed by atoms with van der Waals surface area (Å²) in [6.07, 6.45) is 2.30. The van der Waals surface area contributed by atoms with Crippen LogP contribution in [0.25, 0.3) is 11.4 Å². The van der Waals surface area contributed by atoms with Gasteiger partial charge < -0.3 is 15.0 Å². The normalized spacial score (nSPS) is 13.6. The second-order valence-electron chi connectivity index (χ2n) is 5.30. The molecule has 23 heavy (non-hydrogen) atoms. The highest BCUT2D eigenvalue weighted by molar-refractivity contribution is 6.03. The molecule has 0 saturated heterocycles. The van der Waals surface area contributed by atoms with Gasteiger partial charge in [0.25, 0.3) is 5.91 Å². The summed E-state index contributed by atoms with van der Waals surface area (Å²) >= 11 is 0. The van der Waals surface area contributed by atoms with Crippen molar-refractivity contribution >= 4 is 11.7 Å². The second kappa shape index (κ2) is 5.69. The fraction of sp³-hybridized carbons (Fsp3) is 0.188. The van der Waals surface area contributed by atoms with Gasteiger partial charge in [0.15, 0.2) is 5.82 Å². The average molecular weight is 309 g/mol. The number of aromatic nitrogens is 4. The van der Waals surface area contributed by atoms with E-state index in [1.807, 2.05) is 30.3 Å². The first-order chi connectivity index (χ1) is 11.3. The van der Waals surface area contributed by atoms with Crippen LogP contribution in [-0.4, -0.2) is 32.7 Å². The zero-order valence-corrected chi connectivity index (χ0v) is 12.3. The summed E-state index contributed by atoms with van der Waals surface area (Å²) in [4.78, 5) is 19.6. The monoisotopic (exact) mass is 309 g/mol. The third-order valence-electron chi connectivity index (χ3n) is 3.80. The molecular formula is C16H15N5O2. The SMILES string of the molecule is O=C(Nc1n[nH]c2c1COCC2)c1cnc(-c2ccccc2)[nH]1. The molecule has 7 heteroatoms. The van der Waals surface area contributed by atoms with Gasteiger partial charge >= 0.3 is 0 Å². The number of carbonyl (C=O) groups is 1. The zero-order chi connectivity index (χ0) is 15.6. The van der Waals surface area contributed by atoms with Crippen LogP contribution in [0, 0.1) is 0 Å². The van der Waals surface area contributed by atoms with Crippen molar-refractivity contribution in [2.45, 2.75) is 13.0 Å². The molecule has 3 aromatic rings. The Labute approximate surface area is 132 Å². The first-order valence-corrected chi connectivity index (χ1v) is 7.37. The number of imidazole rings is 1. The maximum Gasteiger partial charge on any atom is 0.274 e. The summed E-state index contributed by atoms with van der Waals surface area (Å²) in [5, 5.41) is 9.90. The molecule has 0 fully saturated rings. The Bertz CT molecular complexity index is 837. The third kappa shape index (κ3) is 2.62. The molecule has 3 N–H and O–H groups in total. The van der Waals surface area contributed by atoms with Gasteiger partial charge in [-0.3, -0.25) is 9.89 Å². The van der Waals surface area contributed by atoms with Crippen molar-refractivity contribution in [1.82, 2.24) is 20.2 Å². The lowest BCUT2D eigenvalue weighted by molar-refractivity contribution is 0.101. The van der Waals surface area contributed by atoms with Crippen molar-refractivity contribution < 1.29 is 9.53 Å². The standard InChI is InChI=1S/C16H15N5O2/c22-16(19-15-11-9-23-7-6-12(11)20-21-15)13-8-17-14(18-13)10-4-2-1-3-5-10/h1-5,8H,6-7,9H2,(H,17,18)(H2,19,20,21,22). The number of aromatic amines is 2. The second-order valence-corrected chi connectivity index (χ2v) is 5.30. The minimum Gasteiger partial charge on any atom is -0.376 e. The van der Waals surface area contributed by atoms with Gasteiger partial charge in [0.05, 0.1) is 19.4 Å². The molecule has 1 amide bonds. The number of nitrogens with one attached hydrogen (secondary N) is 3. The molecule has 0 unspecified atom stereocenters. The fourth-order valence-electron chi connectivity index (χ4n) is 2.57. The number of fused-ring (bicyclic) bond motifs is 1. The molecule has 0 atom stereocenters. The lowest BCUT2D eigenvalue weighted by Crippen LogP contribution is -2.15. The molecule has 0 aliphatic carbocycles. The van der Waals surface area contributed by atoms with Crippen molar-refractivity contribution in [1.29, 1.82) is 0 Å². The molecule has 1 aromatic carbocycles. The molecule has 0 bridgehead atoms. The topological polar surface area (TPSA) is 95.7 Å². The summed E-state index contributed by atoms with van der Waals surface area (Å²) in [5.74, 6) is 0.892. The predicted molar refractivity (Wildman–Crippen MR) is 83.9 cm³/mol. The number of carbonyl (C=O) groups excluding carboxylic acids is 1. The molecule has 116 valence electrons. The Kier molecular flexibility index (Phi) is 3.39. The van der Waals surface area contributed by atoms with Crippen LogP contribution in [0.4, 0.5) is 5.82 Å². The number of amides is 1. The van der Waals surface area contributed by atoms with Crippen LogP contribution in [-0.2, 0) is 17.8 Å². The first kappa shape index (κ1) is 13.7. The van der Waals surface area contributed by atoms with E-state index in [9.17, 15) is 4.79 Å². The molecule has 3 heterocycles. The van der Waals surface area contributed by atoms with E-state index in [0.29, 0.717) is 30.5 Å². The number of benzene rings is 1. The number of H-pyrrole nitrogens is 2. The van der Waals surface area contributed by atoms with Gasteiger partial charge in [0, 0.05) is 23.2 Å². The number of nitrogens with zero attached hydrogens (tertiary/aromatic N) is 2. The van der Waals surface area contributed by atoms with Crippen molar-refractivity contribution in [2.75, 3.05) is 11.9 Å². The Morgan fingerprint density at radius 3 is 3.00 bits per heavy atom. The number of ether oxygens (including phenoxy) is 1. The Hall–Kier alpha value is -2.93. The van der Waals surface area contributed by atoms with Crippen molar-refractivity contribution in [3.63, 3.8) is 0 Å². The lowest BCUT2D eigenvalue weighted by Gasteiger charge is -2.12. The van der Waals surface area contributed by atoms with E-state index >= 15 is 0 Å². The quantitative estimate of drug-likeness (QED) is 0.690. The van der Waals surface area contributed by atoms with E-state index in [1.165, 1.54) is 6.20 Å². The van der Waals surface area contributed by atoms with Crippen LogP contribution in [0.3, 0.4) is 0 Å². The summed E-state index contributed by atoms with van der Waals surface area (Å²) in [5.41, 5.74) is 3.24. The maximum absolute atomic E-state index is 12.4. The van der Waals surface area contributed by atoms with Crippen LogP contribution >= 0.6 is 0 Å². The molecule has 4 rings (SSSR count). The van der Waals surface area contributed by atoms with Crippen LogP contribution in [0.5, 0.6) is 0 Å². The Morgan fingerprint density at radius 2 is 2.13 bits per heavy atom. The third-order valence-corrected chi connectivity index (χ3v) is 3.80. The van der Waals surface area contributed by atoms with Gasteiger partial charge in [-0.05, 0) is 0 Å². The number of rotatable bonds is 3. The van der Waals surface area contributed by atoms with E-state index in [0.717, 1.165) is 23.2 Å². The molecule has 7 nitrogen and oxygen atoms in total. The maximum atomic E-state index is 12.4. The van der Waals surface area contributed by atoms with E-state index < -0.39 is 0 Å². The lowest BCUT2D eigenvalue weighted by atomic mass is 10.1. The summed E-state index contributed by atoms with van der Waals surface area (Å²) < 4.78 is 5.41. The molecule has 2 aromatic heterocycles. The average Bonchev–Trinajstić information content (AvgIpc) is 3.24. The molecule has 1 aliphatic heterocycles. The molecule has 0 saturated carbocycles. The Morgan fingerprint density at radius 1 is 1.26 bits per heavy atom. The number of anilines is 1. The largest absolute Gasteiger partial charge is 0.376 e. The van der Waals surface area contributed by atoms with Crippen LogP contribution < -0.4 is 5.32 Å². The highest BCUT2D eigenvalue weighted by Crippen LogP contribution is 2.22. The first-order valence-electron chi connectivity index (χ1n) is 7.37. The van der Waals surface area contributed by atoms with Gasteiger partial charge in [-0.2, -0.15) is 5.10 Å². The van der Waals surface area contributed by atoms with Crippen molar-refractivity contribution in [2.24, 2.45) is 0 Å². The molecule has 1 aliphatic rings. The highest BCUT2D eigenvalue weighted by atomic mass is 16.5. The van der Waals surface area contributed by atoms with Crippen LogP contribution in [0.2, 0.25) is 0 Å². The minimum absolute atomic E-state index is 0.278. The van der Waals surface area contributed by atoms with Gasteiger partial charge in [-0.15, -0.1) is 0 Å². The number of hydrogen-bond donors (Lipinski definition) is 3. The molecule has 0 radical (unpaired) electrons. The van der Waals surface area contributed by atoms with Crippen LogP contribution in [0.15, 0.2) is 36.5 Å². The molecule has 0 spiro atoms. The van der Waals surface area contributed by atoms with Crippen molar-refractivity contribution in [3.8, 4) is 11.4 Å². The van der Waals surface area contributed by atoms with Gasteiger partial charge in [0.1, 0.15) is 11.5 Å². The summed E-state index contributed by atoms with van der Waals surface area (Å²) in [7, 11) is 0. The highest BCUT2D eigenvalue weighted by Gasteiger charge is 2.20. The smallest absolute Gasteiger partial charge is 0.274 e. The minimum atomic E-state index is -0.278. The molecular weight excluding hydrogens is 294 g/mol. The predicted octanol–water partition coefficient (Wildman–Crippen LogP) is 2.12. The van der Waals surface area contributed by atoms with Gasteiger partial charge in [-0.25, -0.2) is 4.98 Å². The van der Waals surface area contributed by atoms with E-state index in [-0.39, 0.29) is 5.91 Å².